The van der Waals surface area contributed by atoms with Crippen molar-refractivity contribution < 1.29 is 14.5 Å². The molecule has 1 atom stereocenters. The van der Waals surface area contributed by atoms with E-state index in [1.165, 1.54) is 47.4 Å². The number of hydrogen-bond acceptors (Lipinski definition) is 7. The van der Waals surface area contributed by atoms with E-state index in [0.717, 1.165) is 26.2 Å². The third kappa shape index (κ3) is 6.31. The van der Waals surface area contributed by atoms with Crippen molar-refractivity contribution in [2.45, 2.75) is 17.1 Å². The van der Waals surface area contributed by atoms with Crippen LogP contribution >= 0.6 is 23.1 Å². The van der Waals surface area contributed by atoms with Crippen LogP contribution in [0.4, 0.5) is 16.5 Å². The number of nitrogens with zero attached hydrogens (tertiary/aromatic N) is 2. The van der Waals surface area contributed by atoms with E-state index < -0.39 is 16.1 Å². The smallest absolute Gasteiger partial charge is 0.270 e. The molecule has 2 N–H and O–H groups in total. The number of thiazole rings is 1. The van der Waals surface area contributed by atoms with E-state index in [4.69, 9.17) is 0 Å². The van der Waals surface area contributed by atoms with E-state index in [2.05, 4.69) is 15.6 Å². The maximum Gasteiger partial charge on any atom is 0.270 e. The number of carbonyl (C=O) groups is 2. The van der Waals surface area contributed by atoms with Gasteiger partial charge >= 0.3 is 0 Å². The lowest BCUT2D eigenvalue weighted by atomic mass is 10.1. The second-order valence-electron chi connectivity index (χ2n) is 8.67. The Kier molecular flexibility index (Phi) is 7.67. The molecule has 0 aliphatic heterocycles. The lowest BCUT2D eigenvalue weighted by Crippen LogP contribution is -2.18. The van der Waals surface area contributed by atoms with E-state index in [9.17, 15) is 19.7 Å². The Labute approximate surface area is 232 Å². The van der Waals surface area contributed by atoms with Gasteiger partial charge in [0, 0.05) is 28.3 Å². The highest BCUT2D eigenvalue weighted by atomic mass is 32.2. The number of anilines is 2. The minimum atomic E-state index is -0.542. The van der Waals surface area contributed by atoms with Crippen molar-refractivity contribution in [2.75, 3.05) is 10.6 Å². The molecule has 0 fully saturated rings. The van der Waals surface area contributed by atoms with Crippen molar-refractivity contribution in [3.63, 3.8) is 0 Å². The Balaban J connectivity index is 1.31. The van der Waals surface area contributed by atoms with Gasteiger partial charge in [0.05, 0.1) is 15.1 Å². The number of nitro groups is 1. The van der Waals surface area contributed by atoms with Crippen molar-refractivity contribution in [1.29, 1.82) is 0 Å². The van der Waals surface area contributed by atoms with Gasteiger partial charge in [0.1, 0.15) is 5.25 Å². The van der Waals surface area contributed by atoms with Gasteiger partial charge in [-0.3, -0.25) is 19.7 Å². The Morgan fingerprint density at radius 1 is 0.923 bits per heavy atom. The van der Waals surface area contributed by atoms with Gasteiger partial charge in [0.2, 0.25) is 5.91 Å². The average Bonchev–Trinajstić information content (AvgIpc) is 3.34. The molecule has 2 amide bonds. The van der Waals surface area contributed by atoms with E-state index in [1.54, 1.807) is 12.1 Å². The van der Waals surface area contributed by atoms with Crippen LogP contribution in [-0.4, -0.2) is 21.7 Å². The molecule has 1 unspecified atom stereocenters. The molecule has 5 aromatic rings. The molecule has 39 heavy (non-hydrogen) atoms. The largest absolute Gasteiger partial charge is 0.322 e. The second-order valence-corrected chi connectivity index (χ2v) is 10.9. The number of amides is 2. The van der Waals surface area contributed by atoms with Crippen LogP contribution in [-0.2, 0) is 4.79 Å². The first-order chi connectivity index (χ1) is 18.9. The molecule has 194 valence electrons. The van der Waals surface area contributed by atoms with Gasteiger partial charge in [0.15, 0.2) is 5.13 Å². The third-order valence-electron chi connectivity index (χ3n) is 5.80. The van der Waals surface area contributed by atoms with Gasteiger partial charge in [-0.2, -0.15) is 0 Å². The molecular formula is C29H22N4O4S2. The predicted octanol–water partition coefficient (Wildman–Crippen LogP) is 7.24. The fourth-order valence-electron chi connectivity index (χ4n) is 3.87. The molecule has 10 heteroatoms. The normalized spacial score (nSPS) is 11.6. The molecule has 4 aromatic carbocycles. The van der Waals surface area contributed by atoms with Crippen LogP contribution < -0.4 is 10.6 Å². The third-order valence-corrected chi connectivity index (χ3v) is 8.00. The van der Waals surface area contributed by atoms with Gasteiger partial charge in [-0.25, -0.2) is 4.98 Å². The summed E-state index contributed by atoms with van der Waals surface area (Å²) in [4.78, 5) is 41.9. The van der Waals surface area contributed by atoms with Crippen LogP contribution in [0.2, 0.25) is 0 Å². The van der Waals surface area contributed by atoms with Crippen molar-refractivity contribution >= 4 is 61.6 Å². The standard InChI is InChI=1S/C29H22N4O4S2/c1-18-10-15-24-25(16-18)39-29(31-24)32-28(35)26(19-6-3-2-4-7-19)38-23-13-11-21(12-14-23)30-27(34)20-8-5-9-22(17-20)33(36)37/h2-17,26H,1H3,(H,30,34)(H,31,32,35). The number of nitrogens with one attached hydrogen (secondary N) is 2. The van der Waals surface area contributed by atoms with Gasteiger partial charge in [-0.15, -0.1) is 11.8 Å². The maximum atomic E-state index is 13.4. The van der Waals surface area contributed by atoms with Crippen LogP contribution in [0.25, 0.3) is 10.2 Å². The second kappa shape index (κ2) is 11.5. The van der Waals surface area contributed by atoms with Crippen molar-refractivity contribution in [1.82, 2.24) is 4.98 Å². The molecule has 0 aliphatic carbocycles. The zero-order valence-electron chi connectivity index (χ0n) is 20.7. The summed E-state index contributed by atoms with van der Waals surface area (Å²) in [5.74, 6) is -0.642. The highest BCUT2D eigenvalue weighted by Gasteiger charge is 2.23. The van der Waals surface area contributed by atoms with Crippen molar-refractivity contribution in [2.24, 2.45) is 0 Å². The highest BCUT2D eigenvalue weighted by molar-refractivity contribution is 8.00. The molecule has 0 aliphatic rings. The van der Waals surface area contributed by atoms with E-state index >= 15 is 0 Å². The lowest BCUT2D eigenvalue weighted by molar-refractivity contribution is -0.384. The van der Waals surface area contributed by atoms with Crippen LogP contribution in [0.3, 0.4) is 0 Å². The summed E-state index contributed by atoms with van der Waals surface area (Å²) >= 11 is 2.82. The monoisotopic (exact) mass is 554 g/mol. The molecule has 1 heterocycles. The summed E-state index contributed by atoms with van der Waals surface area (Å²) in [6.07, 6.45) is 0. The fourth-order valence-corrected chi connectivity index (χ4v) is 5.87. The molecule has 8 nitrogen and oxygen atoms in total. The topological polar surface area (TPSA) is 114 Å². The molecule has 0 bridgehead atoms. The Morgan fingerprint density at radius 2 is 1.69 bits per heavy atom. The number of thioether (sulfide) groups is 1. The van der Waals surface area contributed by atoms with E-state index in [1.807, 2.05) is 67.6 Å². The van der Waals surface area contributed by atoms with Crippen molar-refractivity contribution in [3.8, 4) is 0 Å². The number of aryl methyl sites for hydroxylation is 1. The number of fused-ring (bicyclic) bond motifs is 1. The number of non-ortho nitro benzene ring substituents is 1. The zero-order valence-corrected chi connectivity index (χ0v) is 22.3. The van der Waals surface area contributed by atoms with Crippen LogP contribution in [0.1, 0.15) is 26.7 Å². The van der Waals surface area contributed by atoms with Crippen LogP contribution in [0.5, 0.6) is 0 Å². The molecular weight excluding hydrogens is 532 g/mol. The van der Waals surface area contributed by atoms with Crippen molar-refractivity contribution in [3.05, 3.63) is 124 Å². The van der Waals surface area contributed by atoms with Crippen LogP contribution in [0.15, 0.2) is 102 Å². The van der Waals surface area contributed by atoms with Gasteiger partial charge < -0.3 is 10.6 Å². The number of rotatable bonds is 8. The lowest BCUT2D eigenvalue weighted by Gasteiger charge is -2.16. The molecule has 0 radical (unpaired) electrons. The number of aromatic nitrogens is 1. The summed E-state index contributed by atoms with van der Waals surface area (Å²) in [5.41, 5.74) is 3.38. The average molecular weight is 555 g/mol. The molecule has 1 aromatic heterocycles. The summed E-state index contributed by atoms with van der Waals surface area (Å²) in [7, 11) is 0. The Bertz CT molecular complexity index is 1670. The zero-order chi connectivity index (χ0) is 27.4. The highest BCUT2D eigenvalue weighted by Crippen LogP contribution is 2.37. The number of carbonyl (C=O) groups excluding carboxylic acids is 2. The fraction of sp³-hybridized carbons (Fsp3) is 0.0690. The predicted molar refractivity (Wildman–Crippen MR) is 156 cm³/mol. The minimum Gasteiger partial charge on any atom is -0.322 e. The Morgan fingerprint density at radius 3 is 2.44 bits per heavy atom. The Hall–Kier alpha value is -4.54. The SMILES string of the molecule is Cc1ccc2nc(NC(=O)C(Sc3ccc(NC(=O)c4cccc([N+](=O)[O-])c4)cc3)c3ccccc3)sc2c1. The molecule has 0 spiro atoms. The molecule has 0 saturated heterocycles. The van der Waals surface area contributed by atoms with Gasteiger partial charge in [-0.1, -0.05) is 53.8 Å². The molecule has 0 saturated carbocycles. The number of nitro benzene ring substituents is 1. The number of hydrogen-bond donors (Lipinski definition) is 2. The maximum absolute atomic E-state index is 13.4. The first kappa shape index (κ1) is 26.1. The van der Waals surface area contributed by atoms with Gasteiger partial charge in [0.25, 0.3) is 11.6 Å². The first-order valence-electron chi connectivity index (χ1n) is 11.9. The summed E-state index contributed by atoms with van der Waals surface area (Å²) in [5, 5.41) is 16.7. The quantitative estimate of drug-likeness (QED) is 0.119. The number of benzene rings is 4. The molecule has 5 rings (SSSR count). The van der Waals surface area contributed by atoms with Gasteiger partial charge in [-0.05, 0) is 60.5 Å². The summed E-state index contributed by atoms with van der Waals surface area (Å²) in [6.45, 7) is 2.02. The summed E-state index contributed by atoms with van der Waals surface area (Å²) < 4.78 is 1.01. The minimum absolute atomic E-state index is 0.152. The van der Waals surface area contributed by atoms with E-state index in [-0.39, 0.29) is 17.2 Å². The first-order valence-corrected chi connectivity index (χ1v) is 13.6. The van der Waals surface area contributed by atoms with Crippen LogP contribution in [0, 0.1) is 17.0 Å². The summed E-state index contributed by atoms with van der Waals surface area (Å²) in [6, 6.07) is 28.1. The van der Waals surface area contributed by atoms with E-state index in [0.29, 0.717) is 10.8 Å².